The maximum absolute atomic E-state index is 13.7. The van der Waals surface area contributed by atoms with Crippen LogP contribution in [0.3, 0.4) is 0 Å². The second-order valence-electron chi connectivity index (χ2n) is 8.05. The minimum absolute atomic E-state index is 0.119. The molecule has 0 atom stereocenters. The van der Waals surface area contributed by atoms with E-state index in [1.54, 1.807) is 6.07 Å². The first-order chi connectivity index (χ1) is 14.2. The lowest BCUT2D eigenvalue weighted by molar-refractivity contribution is -0.137. The average molecular weight is 426 g/mol. The van der Waals surface area contributed by atoms with Crippen LogP contribution >= 0.6 is 0 Å². The van der Waals surface area contributed by atoms with Gasteiger partial charge in [-0.25, -0.2) is 0 Å². The number of rotatable bonds is 4. The summed E-state index contributed by atoms with van der Waals surface area (Å²) >= 11 is 0. The Bertz CT molecular complexity index is 761. The summed E-state index contributed by atoms with van der Waals surface area (Å²) in [6.07, 6.45) is -0.671. The van der Waals surface area contributed by atoms with Crippen molar-refractivity contribution in [2.75, 3.05) is 56.5 Å². The van der Waals surface area contributed by atoms with Crippen molar-refractivity contribution >= 4 is 23.2 Å². The standard InChI is InChI=1S/C21H29F3N4O2/c1-26-10-12-27(13-11-26)16-7-8-18(17(14-16)21(22,23)24)25-19(29)15-28-9-5-3-2-4-6-20(28)30/h7-8,14H,2-6,9-13,15H2,1H3,(H,25,29). The molecule has 2 aliphatic heterocycles. The van der Waals surface area contributed by atoms with Crippen LogP contribution in [0.15, 0.2) is 18.2 Å². The van der Waals surface area contributed by atoms with Crippen molar-refractivity contribution in [3.05, 3.63) is 23.8 Å². The van der Waals surface area contributed by atoms with Gasteiger partial charge in [-0.1, -0.05) is 12.8 Å². The molecule has 0 aromatic heterocycles. The number of benzene rings is 1. The lowest BCUT2D eigenvalue weighted by atomic mass is 10.1. The van der Waals surface area contributed by atoms with Crippen molar-refractivity contribution in [3.8, 4) is 0 Å². The molecule has 0 bridgehead atoms. The molecule has 166 valence electrons. The SMILES string of the molecule is CN1CCN(c2ccc(NC(=O)CN3CCCCCCC3=O)c(C(F)(F)F)c2)CC1. The normalized spacial score (nSPS) is 19.4. The van der Waals surface area contributed by atoms with Gasteiger partial charge in [-0.2, -0.15) is 13.2 Å². The third kappa shape index (κ3) is 5.87. The summed E-state index contributed by atoms with van der Waals surface area (Å²) in [5, 5.41) is 2.38. The third-order valence-corrected chi connectivity index (χ3v) is 5.71. The molecule has 2 saturated heterocycles. The van der Waals surface area contributed by atoms with Crippen LogP contribution < -0.4 is 10.2 Å². The van der Waals surface area contributed by atoms with E-state index in [-0.39, 0.29) is 18.1 Å². The summed E-state index contributed by atoms with van der Waals surface area (Å²) in [5.74, 6) is -0.729. The highest BCUT2D eigenvalue weighted by Gasteiger charge is 2.35. The van der Waals surface area contributed by atoms with Gasteiger partial charge in [0.15, 0.2) is 0 Å². The van der Waals surface area contributed by atoms with Gasteiger partial charge in [0.2, 0.25) is 11.8 Å². The number of carbonyl (C=O) groups is 2. The first-order valence-electron chi connectivity index (χ1n) is 10.5. The summed E-state index contributed by atoms with van der Waals surface area (Å²) in [5.41, 5.74) is -0.650. The number of anilines is 2. The molecule has 1 aromatic carbocycles. The number of halogens is 3. The molecule has 1 N–H and O–H groups in total. The van der Waals surface area contributed by atoms with Gasteiger partial charge in [0.05, 0.1) is 17.8 Å². The Morgan fingerprint density at radius 1 is 1.03 bits per heavy atom. The highest BCUT2D eigenvalue weighted by Crippen LogP contribution is 2.37. The van der Waals surface area contributed by atoms with Crippen molar-refractivity contribution in [3.63, 3.8) is 0 Å². The zero-order valence-corrected chi connectivity index (χ0v) is 17.3. The highest BCUT2D eigenvalue weighted by molar-refractivity contribution is 5.95. The molecule has 1 aromatic rings. The zero-order chi connectivity index (χ0) is 21.7. The van der Waals surface area contributed by atoms with E-state index in [4.69, 9.17) is 0 Å². The van der Waals surface area contributed by atoms with Gasteiger partial charge < -0.3 is 20.0 Å². The summed E-state index contributed by atoms with van der Waals surface area (Å²) in [4.78, 5) is 30.1. The molecule has 0 unspecified atom stereocenters. The van der Waals surface area contributed by atoms with Crippen molar-refractivity contribution in [1.82, 2.24) is 9.80 Å². The van der Waals surface area contributed by atoms with E-state index in [1.807, 2.05) is 11.9 Å². The van der Waals surface area contributed by atoms with E-state index in [2.05, 4.69) is 10.2 Å². The molecule has 0 aliphatic carbocycles. The van der Waals surface area contributed by atoms with Gasteiger partial charge in [-0.05, 0) is 38.1 Å². The van der Waals surface area contributed by atoms with E-state index < -0.39 is 17.6 Å². The predicted molar refractivity (Wildman–Crippen MR) is 109 cm³/mol. The van der Waals surface area contributed by atoms with Gasteiger partial charge in [0.1, 0.15) is 0 Å². The predicted octanol–water partition coefficient (Wildman–Crippen LogP) is 3.19. The largest absolute Gasteiger partial charge is 0.418 e. The second kappa shape index (κ2) is 9.68. The van der Waals surface area contributed by atoms with E-state index >= 15 is 0 Å². The van der Waals surface area contributed by atoms with Gasteiger partial charge in [0.25, 0.3) is 0 Å². The first-order valence-corrected chi connectivity index (χ1v) is 10.5. The van der Waals surface area contributed by atoms with Crippen LogP contribution in [-0.2, 0) is 15.8 Å². The van der Waals surface area contributed by atoms with Crippen LogP contribution in [0.5, 0.6) is 0 Å². The molecule has 0 radical (unpaired) electrons. The number of hydrogen-bond acceptors (Lipinski definition) is 4. The highest BCUT2D eigenvalue weighted by atomic mass is 19.4. The molecule has 6 nitrogen and oxygen atoms in total. The molecule has 2 heterocycles. The first kappa shape index (κ1) is 22.4. The van der Waals surface area contributed by atoms with Crippen molar-refractivity contribution in [2.45, 2.75) is 38.3 Å². The fourth-order valence-corrected chi connectivity index (χ4v) is 3.88. The smallest absolute Gasteiger partial charge is 0.369 e. The molecule has 2 amide bonds. The number of piperazine rings is 1. The van der Waals surface area contributed by atoms with Crippen molar-refractivity contribution in [1.29, 1.82) is 0 Å². The molecule has 2 aliphatic rings. The van der Waals surface area contributed by atoms with Gasteiger partial charge in [-0.15, -0.1) is 0 Å². The van der Waals surface area contributed by atoms with E-state index in [0.717, 1.165) is 44.8 Å². The minimum atomic E-state index is -4.60. The third-order valence-electron chi connectivity index (χ3n) is 5.71. The maximum atomic E-state index is 13.7. The molecule has 2 fully saturated rings. The van der Waals surface area contributed by atoms with Crippen LogP contribution in [0.1, 0.15) is 37.7 Å². The van der Waals surface area contributed by atoms with Gasteiger partial charge in [0, 0.05) is 44.8 Å². The van der Waals surface area contributed by atoms with E-state index in [9.17, 15) is 22.8 Å². The summed E-state index contributed by atoms with van der Waals surface area (Å²) in [7, 11) is 1.98. The summed E-state index contributed by atoms with van der Waals surface area (Å²) < 4.78 is 41.1. The Morgan fingerprint density at radius 2 is 1.73 bits per heavy atom. The quantitative estimate of drug-likeness (QED) is 0.804. The Kier molecular flexibility index (Phi) is 7.23. The molecule has 0 spiro atoms. The van der Waals surface area contributed by atoms with Crippen LogP contribution in [0.2, 0.25) is 0 Å². The zero-order valence-electron chi connectivity index (χ0n) is 17.3. The lowest BCUT2D eigenvalue weighted by Crippen LogP contribution is -2.44. The Morgan fingerprint density at radius 3 is 2.43 bits per heavy atom. The van der Waals surface area contributed by atoms with Crippen molar-refractivity contribution in [2.24, 2.45) is 0 Å². The van der Waals surface area contributed by atoms with E-state index in [1.165, 1.54) is 11.0 Å². The number of hydrogen-bond donors (Lipinski definition) is 1. The molecule has 0 saturated carbocycles. The van der Waals surface area contributed by atoms with Gasteiger partial charge >= 0.3 is 6.18 Å². The molecule has 30 heavy (non-hydrogen) atoms. The molecular formula is C21H29F3N4O2. The number of amides is 2. The lowest BCUT2D eigenvalue weighted by Gasteiger charge is -2.34. The Labute approximate surface area is 175 Å². The molecular weight excluding hydrogens is 397 g/mol. The number of likely N-dealkylation sites (tertiary alicyclic amines) is 1. The van der Waals surface area contributed by atoms with Crippen molar-refractivity contribution < 1.29 is 22.8 Å². The Hall–Kier alpha value is -2.29. The van der Waals surface area contributed by atoms with Crippen LogP contribution in [0, 0.1) is 0 Å². The maximum Gasteiger partial charge on any atom is 0.418 e. The molecule has 3 rings (SSSR count). The summed E-state index contributed by atoms with van der Waals surface area (Å²) in [6, 6.07) is 4.02. The molecule has 9 heteroatoms. The minimum Gasteiger partial charge on any atom is -0.369 e. The average Bonchev–Trinajstić information content (AvgIpc) is 2.68. The number of nitrogens with one attached hydrogen (secondary N) is 1. The van der Waals surface area contributed by atoms with Gasteiger partial charge in [-0.3, -0.25) is 9.59 Å². The van der Waals surface area contributed by atoms with Crippen LogP contribution in [0.25, 0.3) is 0 Å². The topological polar surface area (TPSA) is 55.9 Å². The second-order valence-corrected chi connectivity index (χ2v) is 8.05. The van der Waals surface area contributed by atoms with E-state index in [0.29, 0.717) is 31.7 Å². The monoisotopic (exact) mass is 426 g/mol. The number of alkyl halides is 3. The number of carbonyl (C=O) groups excluding carboxylic acids is 2. The van der Waals surface area contributed by atoms with Crippen LogP contribution in [-0.4, -0.2) is 67.9 Å². The number of likely N-dealkylation sites (N-methyl/N-ethyl adjacent to an activating group) is 1. The fraction of sp³-hybridized carbons (Fsp3) is 0.619. The fourth-order valence-electron chi connectivity index (χ4n) is 3.88. The summed E-state index contributed by atoms with van der Waals surface area (Å²) in [6.45, 7) is 3.09. The number of nitrogens with zero attached hydrogens (tertiary/aromatic N) is 3. The van der Waals surface area contributed by atoms with Crippen LogP contribution in [0.4, 0.5) is 24.5 Å². The Balaban J connectivity index is 1.72.